The maximum atomic E-state index is 12.1. The first-order valence-electron chi connectivity index (χ1n) is 4.94. The minimum absolute atomic E-state index is 0.207. The van der Waals surface area contributed by atoms with E-state index in [1.807, 2.05) is 11.4 Å². The molecule has 1 aromatic heterocycles. The number of thiophene rings is 1. The standard InChI is InChI=1S/C13H8ClNOS/c14-12-4-2-1-3-10(12)11(7-15)13(16)9-5-6-17-8-9/h1-6,8,11H. The predicted molar refractivity (Wildman–Crippen MR) is 68.5 cm³/mol. The molecule has 2 nitrogen and oxygen atoms in total. The van der Waals surface area contributed by atoms with Crippen LogP contribution in [0.5, 0.6) is 0 Å². The van der Waals surface area contributed by atoms with Gasteiger partial charge in [-0.05, 0) is 23.1 Å². The molecule has 0 saturated heterocycles. The van der Waals surface area contributed by atoms with E-state index in [0.717, 1.165) is 0 Å². The number of carbonyl (C=O) groups excluding carboxylic acids is 1. The van der Waals surface area contributed by atoms with Crippen LogP contribution in [0.2, 0.25) is 5.02 Å². The first-order valence-corrected chi connectivity index (χ1v) is 6.26. The first-order chi connectivity index (χ1) is 8.24. The number of hydrogen-bond donors (Lipinski definition) is 0. The van der Waals surface area contributed by atoms with Crippen molar-refractivity contribution in [3.63, 3.8) is 0 Å². The van der Waals surface area contributed by atoms with Gasteiger partial charge in [-0.2, -0.15) is 16.6 Å². The number of nitriles is 1. The van der Waals surface area contributed by atoms with Crippen molar-refractivity contribution >= 4 is 28.7 Å². The molecule has 2 aromatic rings. The maximum absolute atomic E-state index is 12.1. The summed E-state index contributed by atoms with van der Waals surface area (Å²) in [4.78, 5) is 12.1. The summed E-state index contributed by atoms with van der Waals surface area (Å²) >= 11 is 7.43. The van der Waals surface area contributed by atoms with Crippen LogP contribution in [0, 0.1) is 11.3 Å². The molecule has 1 unspecified atom stereocenters. The molecule has 0 spiro atoms. The Balaban J connectivity index is 2.39. The van der Waals surface area contributed by atoms with Gasteiger partial charge in [-0.15, -0.1) is 0 Å². The van der Waals surface area contributed by atoms with Crippen molar-refractivity contribution in [2.45, 2.75) is 5.92 Å². The Morgan fingerprint density at radius 3 is 2.71 bits per heavy atom. The van der Waals surface area contributed by atoms with Gasteiger partial charge in [0.1, 0.15) is 5.92 Å². The van der Waals surface area contributed by atoms with Crippen molar-refractivity contribution in [3.05, 3.63) is 57.2 Å². The summed E-state index contributed by atoms with van der Waals surface area (Å²) in [5.41, 5.74) is 1.12. The van der Waals surface area contributed by atoms with E-state index in [1.165, 1.54) is 11.3 Å². The number of hydrogen-bond acceptors (Lipinski definition) is 3. The van der Waals surface area contributed by atoms with E-state index in [4.69, 9.17) is 16.9 Å². The van der Waals surface area contributed by atoms with Gasteiger partial charge in [-0.1, -0.05) is 29.8 Å². The Labute approximate surface area is 108 Å². The highest BCUT2D eigenvalue weighted by Crippen LogP contribution is 2.27. The molecule has 0 radical (unpaired) electrons. The quantitative estimate of drug-likeness (QED) is 0.787. The lowest BCUT2D eigenvalue weighted by atomic mass is 9.93. The summed E-state index contributed by atoms with van der Waals surface area (Å²) in [6.45, 7) is 0. The summed E-state index contributed by atoms with van der Waals surface area (Å²) in [6.07, 6.45) is 0. The molecular formula is C13H8ClNOS. The molecule has 0 fully saturated rings. The zero-order valence-electron chi connectivity index (χ0n) is 8.76. The maximum Gasteiger partial charge on any atom is 0.185 e. The molecule has 2 rings (SSSR count). The molecular weight excluding hydrogens is 254 g/mol. The Hall–Kier alpha value is -1.63. The molecule has 0 amide bonds. The van der Waals surface area contributed by atoms with Crippen molar-refractivity contribution in [1.82, 2.24) is 0 Å². The van der Waals surface area contributed by atoms with Crippen molar-refractivity contribution in [2.24, 2.45) is 0 Å². The molecule has 0 bridgehead atoms. The fourth-order valence-corrected chi connectivity index (χ4v) is 2.44. The van der Waals surface area contributed by atoms with Crippen LogP contribution in [0.15, 0.2) is 41.1 Å². The highest BCUT2D eigenvalue weighted by molar-refractivity contribution is 7.08. The SMILES string of the molecule is N#CC(C(=O)c1ccsc1)c1ccccc1Cl. The fourth-order valence-electron chi connectivity index (χ4n) is 1.55. The Morgan fingerprint density at radius 1 is 1.35 bits per heavy atom. The molecule has 0 aliphatic carbocycles. The van der Waals surface area contributed by atoms with Gasteiger partial charge in [-0.3, -0.25) is 4.79 Å². The molecule has 1 atom stereocenters. The van der Waals surface area contributed by atoms with Gasteiger partial charge in [0, 0.05) is 16.0 Å². The van der Waals surface area contributed by atoms with Gasteiger partial charge in [0.15, 0.2) is 5.78 Å². The Kier molecular flexibility index (Phi) is 3.58. The van der Waals surface area contributed by atoms with Crippen LogP contribution in [0.25, 0.3) is 0 Å². The lowest BCUT2D eigenvalue weighted by molar-refractivity contribution is 0.0979. The average molecular weight is 262 g/mol. The number of Topliss-reactive ketones (excluding diaryl/α,β-unsaturated/α-hetero) is 1. The number of rotatable bonds is 3. The topological polar surface area (TPSA) is 40.9 Å². The second-order valence-electron chi connectivity index (χ2n) is 3.46. The van der Waals surface area contributed by atoms with Gasteiger partial charge in [0.05, 0.1) is 6.07 Å². The molecule has 1 heterocycles. The largest absolute Gasteiger partial charge is 0.292 e. The molecule has 17 heavy (non-hydrogen) atoms. The third-order valence-corrected chi connectivity index (χ3v) is 3.44. The number of benzene rings is 1. The third kappa shape index (κ3) is 2.38. The molecule has 4 heteroatoms. The van der Waals surface area contributed by atoms with Crippen LogP contribution in [0.1, 0.15) is 21.8 Å². The molecule has 0 saturated carbocycles. The molecule has 0 aliphatic heterocycles. The van der Waals surface area contributed by atoms with Gasteiger partial charge >= 0.3 is 0 Å². The fraction of sp³-hybridized carbons (Fsp3) is 0.0769. The monoisotopic (exact) mass is 261 g/mol. The molecule has 0 N–H and O–H groups in total. The van der Waals surface area contributed by atoms with Gasteiger partial charge in [0.25, 0.3) is 0 Å². The number of halogens is 1. The van der Waals surface area contributed by atoms with Gasteiger partial charge in [-0.25, -0.2) is 0 Å². The van der Waals surface area contributed by atoms with E-state index in [0.29, 0.717) is 16.1 Å². The predicted octanol–water partition coefficient (Wildman–Crippen LogP) is 3.89. The molecule has 1 aromatic carbocycles. The number of ketones is 1. The van der Waals surface area contributed by atoms with Crippen LogP contribution in [-0.4, -0.2) is 5.78 Å². The first kappa shape index (κ1) is 11.8. The third-order valence-electron chi connectivity index (χ3n) is 2.41. The smallest absolute Gasteiger partial charge is 0.185 e. The minimum Gasteiger partial charge on any atom is -0.292 e. The lowest BCUT2D eigenvalue weighted by Crippen LogP contribution is -2.10. The van der Waals surface area contributed by atoms with Gasteiger partial charge < -0.3 is 0 Å². The molecule has 0 aliphatic rings. The number of carbonyl (C=O) groups is 1. The lowest BCUT2D eigenvalue weighted by Gasteiger charge is -2.08. The van der Waals surface area contributed by atoms with Crippen LogP contribution in [0.4, 0.5) is 0 Å². The minimum atomic E-state index is -0.835. The zero-order valence-corrected chi connectivity index (χ0v) is 10.3. The highest BCUT2D eigenvalue weighted by atomic mass is 35.5. The average Bonchev–Trinajstić information content (AvgIpc) is 2.86. The summed E-state index contributed by atoms with van der Waals surface area (Å²) < 4.78 is 0. The van der Waals surface area contributed by atoms with Gasteiger partial charge in [0.2, 0.25) is 0 Å². The van der Waals surface area contributed by atoms with Crippen molar-refractivity contribution in [3.8, 4) is 6.07 Å². The van der Waals surface area contributed by atoms with Crippen molar-refractivity contribution in [2.75, 3.05) is 0 Å². The van der Waals surface area contributed by atoms with Crippen LogP contribution in [0.3, 0.4) is 0 Å². The van der Waals surface area contributed by atoms with E-state index in [1.54, 1.807) is 35.7 Å². The summed E-state index contributed by atoms with van der Waals surface area (Å²) in [7, 11) is 0. The summed E-state index contributed by atoms with van der Waals surface area (Å²) in [5, 5.41) is 13.1. The number of nitrogens with zero attached hydrogens (tertiary/aromatic N) is 1. The van der Waals surface area contributed by atoms with Crippen molar-refractivity contribution < 1.29 is 4.79 Å². The molecule has 84 valence electrons. The van der Waals surface area contributed by atoms with Crippen LogP contribution < -0.4 is 0 Å². The second-order valence-corrected chi connectivity index (χ2v) is 4.65. The summed E-state index contributed by atoms with van der Waals surface area (Å²) in [5.74, 6) is -1.04. The highest BCUT2D eigenvalue weighted by Gasteiger charge is 2.23. The van der Waals surface area contributed by atoms with Crippen LogP contribution >= 0.6 is 22.9 Å². The Bertz CT molecular complexity index is 571. The Morgan fingerprint density at radius 2 is 2.12 bits per heavy atom. The second kappa shape index (κ2) is 5.13. The van der Waals surface area contributed by atoms with Crippen LogP contribution in [-0.2, 0) is 0 Å². The van der Waals surface area contributed by atoms with Crippen molar-refractivity contribution in [1.29, 1.82) is 5.26 Å². The van der Waals surface area contributed by atoms with E-state index in [2.05, 4.69) is 0 Å². The van der Waals surface area contributed by atoms with E-state index < -0.39 is 5.92 Å². The van der Waals surface area contributed by atoms with E-state index in [-0.39, 0.29) is 5.78 Å². The normalized spacial score (nSPS) is 11.8. The zero-order chi connectivity index (χ0) is 12.3. The summed E-state index contributed by atoms with van der Waals surface area (Å²) in [6, 6.07) is 10.7. The van der Waals surface area contributed by atoms with E-state index in [9.17, 15) is 4.79 Å². The van der Waals surface area contributed by atoms with E-state index >= 15 is 0 Å².